The van der Waals surface area contributed by atoms with Crippen molar-refractivity contribution in [3.05, 3.63) is 0 Å². The highest BCUT2D eigenvalue weighted by molar-refractivity contribution is 5.02. The lowest BCUT2D eigenvalue weighted by Crippen LogP contribution is -2.49. The summed E-state index contributed by atoms with van der Waals surface area (Å²) >= 11 is 0. The summed E-state index contributed by atoms with van der Waals surface area (Å²) < 4.78 is 5.49. The summed E-state index contributed by atoms with van der Waals surface area (Å²) in [6.07, 6.45) is 4.81. The van der Waals surface area contributed by atoms with Crippen LogP contribution in [0.15, 0.2) is 0 Å². The monoisotopic (exact) mass is 270 g/mol. The van der Waals surface area contributed by atoms with E-state index < -0.39 is 11.7 Å². The Labute approximate surface area is 116 Å². The molecule has 0 aromatic rings. The van der Waals surface area contributed by atoms with Crippen LogP contribution in [0, 0.1) is 12.3 Å². The lowest BCUT2D eigenvalue weighted by Gasteiger charge is -2.35. The molecular weight excluding hydrogens is 244 g/mol. The zero-order chi connectivity index (χ0) is 14.3. The molecule has 0 aromatic carbocycles. The van der Waals surface area contributed by atoms with Crippen LogP contribution in [0.2, 0.25) is 0 Å². The maximum Gasteiger partial charge on any atom is 0.122 e. The van der Waals surface area contributed by atoms with Gasteiger partial charge < -0.3 is 14.9 Å². The van der Waals surface area contributed by atoms with E-state index in [1.807, 2.05) is 13.8 Å². The van der Waals surface area contributed by atoms with Crippen molar-refractivity contribution in [2.45, 2.75) is 25.6 Å². The highest BCUT2D eigenvalue weighted by atomic mass is 16.5. The molecule has 1 atom stereocenters. The Bertz CT molecular complexity index is 294. The number of aliphatic hydroxyl groups is 2. The lowest BCUT2D eigenvalue weighted by atomic mass is 10.1. The maximum atomic E-state index is 9.94. The van der Waals surface area contributed by atoms with Crippen molar-refractivity contribution >= 4 is 0 Å². The number of ether oxygens (including phenoxy) is 1. The number of piperazine rings is 1. The molecular formula is C14H26N2O3. The topological polar surface area (TPSA) is 56.2 Å². The van der Waals surface area contributed by atoms with Gasteiger partial charge in [0.05, 0.1) is 19.3 Å². The van der Waals surface area contributed by atoms with Crippen molar-refractivity contribution in [2.24, 2.45) is 0 Å². The van der Waals surface area contributed by atoms with Crippen LogP contribution < -0.4 is 0 Å². The molecule has 0 aliphatic carbocycles. The van der Waals surface area contributed by atoms with Crippen LogP contribution in [0.3, 0.4) is 0 Å². The Morgan fingerprint density at radius 3 is 2.37 bits per heavy atom. The minimum Gasteiger partial charge on any atom is -0.395 e. The van der Waals surface area contributed by atoms with Crippen molar-refractivity contribution in [3.8, 4) is 12.3 Å². The minimum absolute atomic E-state index is 0.206. The second kappa shape index (κ2) is 7.83. The molecule has 0 saturated carbocycles. The Morgan fingerprint density at radius 1 is 1.26 bits per heavy atom. The summed E-state index contributed by atoms with van der Waals surface area (Å²) in [5.74, 6) is 2.54. The van der Waals surface area contributed by atoms with Crippen LogP contribution in [0.1, 0.15) is 13.8 Å². The van der Waals surface area contributed by atoms with Crippen LogP contribution >= 0.6 is 0 Å². The molecule has 19 heavy (non-hydrogen) atoms. The number of hydrogen-bond donors (Lipinski definition) is 2. The smallest absolute Gasteiger partial charge is 0.122 e. The van der Waals surface area contributed by atoms with E-state index in [-0.39, 0.29) is 13.2 Å². The molecule has 1 rings (SSSR count). The van der Waals surface area contributed by atoms with E-state index in [1.54, 1.807) is 0 Å². The summed E-state index contributed by atoms with van der Waals surface area (Å²) in [4.78, 5) is 4.44. The molecule has 0 spiro atoms. The highest BCUT2D eigenvalue weighted by Gasteiger charge is 2.21. The first-order chi connectivity index (χ1) is 8.96. The van der Waals surface area contributed by atoms with E-state index in [0.29, 0.717) is 6.54 Å². The van der Waals surface area contributed by atoms with E-state index in [2.05, 4.69) is 15.7 Å². The largest absolute Gasteiger partial charge is 0.395 e. The Kier molecular flexibility index (Phi) is 6.76. The first kappa shape index (κ1) is 16.4. The number of hydrogen-bond acceptors (Lipinski definition) is 5. The summed E-state index contributed by atoms with van der Waals surface area (Å²) in [7, 11) is 0. The van der Waals surface area contributed by atoms with E-state index in [0.717, 1.165) is 32.7 Å². The summed E-state index contributed by atoms with van der Waals surface area (Å²) in [6.45, 7) is 9.12. The molecule has 1 unspecified atom stereocenters. The fourth-order valence-corrected chi connectivity index (χ4v) is 2.03. The maximum absolute atomic E-state index is 9.94. The Balaban J connectivity index is 2.20. The number of aliphatic hydroxyl groups excluding tert-OH is 2. The first-order valence-electron chi connectivity index (χ1n) is 6.82. The fourth-order valence-electron chi connectivity index (χ4n) is 2.03. The van der Waals surface area contributed by atoms with Gasteiger partial charge in [-0.3, -0.25) is 9.80 Å². The van der Waals surface area contributed by atoms with Gasteiger partial charge in [-0.1, -0.05) is 5.92 Å². The number of terminal acetylenes is 1. The number of β-amino-alcohol motifs (C(OH)–C–C–N with tert-alkyl or cyclic N) is 2. The average molecular weight is 270 g/mol. The molecule has 1 aliphatic rings. The summed E-state index contributed by atoms with van der Waals surface area (Å²) in [6, 6.07) is 0. The van der Waals surface area contributed by atoms with Crippen LogP contribution in [-0.2, 0) is 4.74 Å². The average Bonchev–Trinajstić information content (AvgIpc) is 2.39. The SMILES string of the molecule is C#CC(C)(C)OCC(O)CN1CCN(CCO)CC1. The van der Waals surface area contributed by atoms with Crippen molar-refractivity contribution in [2.75, 3.05) is 52.5 Å². The van der Waals surface area contributed by atoms with Crippen molar-refractivity contribution < 1.29 is 14.9 Å². The predicted molar refractivity (Wildman–Crippen MR) is 74.8 cm³/mol. The third kappa shape index (κ3) is 6.37. The van der Waals surface area contributed by atoms with E-state index >= 15 is 0 Å². The molecule has 1 aliphatic heterocycles. The molecule has 0 bridgehead atoms. The number of rotatable bonds is 7. The zero-order valence-electron chi connectivity index (χ0n) is 12.0. The minimum atomic E-state index is -0.624. The molecule has 0 radical (unpaired) electrons. The third-order valence-electron chi connectivity index (χ3n) is 3.33. The fraction of sp³-hybridized carbons (Fsp3) is 0.857. The molecule has 5 heteroatoms. The van der Waals surface area contributed by atoms with Gasteiger partial charge in [0, 0.05) is 39.3 Å². The quantitative estimate of drug-likeness (QED) is 0.604. The van der Waals surface area contributed by atoms with Gasteiger partial charge in [-0.25, -0.2) is 0 Å². The van der Waals surface area contributed by atoms with Crippen LogP contribution in [0.25, 0.3) is 0 Å². The van der Waals surface area contributed by atoms with E-state index in [4.69, 9.17) is 16.3 Å². The van der Waals surface area contributed by atoms with Gasteiger partial charge in [0.15, 0.2) is 0 Å². The molecule has 110 valence electrons. The van der Waals surface area contributed by atoms with Gasteiger partial charge in [0.2, 0.25) is 0 Å². The Hall–Kier alpha value is -0.640. The molecule has 0 amide bonds. The lowest BCUT2D eigenvalue weighted by molar-refractivity contribution is -0.0410. The van der Waals surface area contributed by atoms with Crippen LogP contribution in [-0.4, -0.2) is 84.2 Å². The first-order valence-corrected chi connectivity index (χ1v) is 6.82. The van der Waals surface area contributed by atoms with Gasteiger partial charge in [-0.05, 0) is 13.8 Å². The second-order valence-corrected chi connectivity index (χ2v) is 5.49. The molecule has 0 aromatic heterocycles. The van der Waals surface area contributed by atoms with Crippen molar-refractivity contribution in [3.63, 3.8) is 0 Å². The molecule has 5 nitrogen and oxygen atoms in total. The molecule has 2 N–H and O–H groups in total. The zero-order valence-corrected chi connectivity index (χ0v) is 12.0. The summed E-state index contributed by atoms with van der Waals surface area (Å²) in [5.41, 5.74) is -0.624. The van der Waals surface area contributed by atoms with Gasteiger partial charge in [-0.2, -0.15) is 0 Å². The van der Waals surface area contributed by atoms with Gasteiger partial charge >= 0.3 is 0 Å². The van der Waals surface area contributed by atoms with Gasteiger partial charge in [0.1, 0.15) is 5.60 Å². The van der Waals surface area contributed by atoms with Gasteiger partial charge in [-0.15, -0.1) is 6.42 Å². The normalized spacial score (nSPS) is 20.2. The van der Waals surface area contributed by atoms with E-state index in [1.165, 1.54) is 0 Å². The summed E-state index contributed by atoms with van der Waals surface area (Å²) in [5, 5.41) is 18.8. The van der Waals surface area contributed by atoms with Crippen molar-refractivity contribution in [1.29, 1.82) is 0 Å². The standard InChI is InChI=1S/C14H26N2O3/c1-4-14(2,3)19-12-13(18)11-16-7-5-15(6-8-16)9-10-17/h1,13,17-18H,5-12H2,2-3H3. The molecule has 1 heterocycles. The third-order valence-corrected chi connectivity index (χ3v) is 3.33. The van der Waals surface area contributed by atoms with Gasteiger partial charge in [0.25, 0.3) is 0 Å². The van der Waals surface area contributed by atoms with E-state index in [9.17, 15) is 5.11 Å². The molecule has 1 fully saturated rings. The highest BCUT2D eigenvalue weighted by Crippen LogP contribution is 2.08. The van der Waals surface area contributed by atoms with Crippen molar-refractivity contribution in [1.82, 2.24) is 9.80 Å². The second-order valence-electron chi connectivity index (χ2n) is 5.49. The molecule has 1 saturated heterocycles. The Morgan fingerprint density at radius 2 is 1.84 bits per heavy atom. The predicted octanol–water partition coefficient (Wildman–Crippen LogP) is -0.614. The van der Waals surface area contributed by atoms with Crippen LogP contribution in [0.4, 0.5) is 0 Å². The van der Waals surface area contributed by atoms with Crippen LogP contribution in [0.5, 0.6) is 0 Å². The number of nitrogens with zero attached hydrogens (tertiary/aromatic N) is 2.